The Balaban J connectivity index is 3.38. The predicted octanol–water partition coefficient (Wildman–Crippen LogP) is 0.578. The molecule has 0 fully saturated rings. The van der Waals surface area contributed by atoms with Crippen molar-refractivity contribution in [2.45, 2.75) is 31.7 Å². The maximum atomic E-state index is 12.5. The van der Waals surface area contributed by atoms with E-state index >= 15 is 0 Å². The van der Waals surface area contributed by atoms with Gasteiger partial charge in [0.1, 0.15) is 0 Å². The van der Waals surface area contributed by atoms with Crippen LogP contribution in [0.1, 0.15) is 29.8 Å². The number of aromatic carboxylic acids is 1. The van der Waals surface area contributed by atoms with Crippen molar-refractivity contribution in [2.24, 2.45) is 5.73 Å². The molecular weight excluding hydrogens is 296 g/mol. The summed E-state index contributed by atoms with van der Waals surface area (Å²) in [5.74, 6) is -1.99. The van der Waals surface area contributed by atoms with Gasteiger partial charge in [0.25, 0.3) is 0 Å². The first kappa shape index (κ1) is 17.1. The van der Waals surface area contributed by atoms with Crippen LogP contribution in [0.3, 0.4) is 0 Å². The molecule has 0 bridgehead atoms. The van der Waals surface area contributed by atoms with Gasteiger partial charge in [-0.25, -0.2) is 13.2 Å². The van der Waals surface area contributed by atoms with Gasteiger partial charge in [-0.2, -0.15) is 4.31 Å². The summed E-state index contributed by atoms with van der Waals surface area (Å²) < 4.78 is 26.0. The van der Waals surface area contributed by atoms with Crippen LogP contribution in [0.15, 0.2) is 23.1 Å². The third-order valence-corrected chi connectivity index (χ3v) is 4.95. The minimum atomic E-state index is -4.00. The Morgan fingerprint density at radius 3 is 2.33 bits per heavy atom. The molecule has 0 aliphatic carbocycles. The molecule has 0 heterocycles. The summed E-state index contributed by atoms with van der Waals surface area (Å²) in [6.07, 6.45) is 0. The number of amides is 1. The molecule has 1 aromatic rings. The fraction of sp³-hybridized carbons (Fsp3) is 0.385. The molecule has 0 saturated carbocycles. The zero-order valence-corrected chi connectivity index (χ0v) is 12.8. The summed E-state index contributed by atoms with van der Waals surface area (Å²) in [7, 11) is -4.00. The predicted molar refractivity (Wildman–Crippen MR) is 76.4 cm³/mol. The van der Waals surface area contributed by atoms with Crippen LogP contribution in [0, 0.1) is 6.92 Å². The second kappa shape index (κ2) is 6.23. The van der Waals surface area contributed by atoms with Gasteiger partial charge in [0.2, 0.25) is 15.9 Å². The highest BCUT2D eigenvalue weighted by molar-refractivity contribution is 7.89. The largest absolute Gasteiger partial charge is 0.478 e. The second-order valence-corrected chi connectivity index (χ2v) is 6.78. The smallest absolute Gasteiger partial charge is 0.335 e. The number of primary amides is 1. The van der Waals surface area contributed by atoms with E-state index in [0.717, 1.165) is 10.4 Å². The van der Waals surface area contributed by atoms with Gasteiger partial charge in [0, 0.05) is 6.04 Å². The van der Waals surface area contributed by atoms with E-state index in [1.165, 1.54) is 12.1 Å². The molecule has 0 unspecified atom stereocenters. The summed E-state index contributed by atoms with van der Waals surface area (Å²) in [6, 6.07) is 3.33. The lowest BCUT2D eigenvalue weighted by atomic mass is 10.1. The maximum absolute atomic E-state index is 12.5. The number of benzene rings is 1. The molecule has 0 saturated heterocycles. The fourth-order valence-corrected chi connectivity index (χ4v) is 3.46. The van der Waals surface area contributed by atoms with Crippen LogP contribution in [0.25, 0.3) is 0 Å². The fourth-order valence-electron chi connectivity index (χ4n) is 1.83. The van der Waals surface area contributed by atoms with E-state index in [4.69, 9.17) is 10.8 Å². The standard InChI is InChI=1S/C13H18N2O5S/c1-8(2)15(7-12(14)16)21(19,20)10-5-4-9(3)11(6-10)13(17)18/h4-6,8H,7H2,1-3H3,(H2,14,16)(H,17,18). The first-order valence-electron chi connectivity index (χ1n) is 6.21. The van der Waals surface area contributed by atoms with Crippen LogP contribution < -0.4 is 5.73 Å². The average Bonchev–Trinajstić information content (AvgIpc) is 2.35. The number of rotatable bonds is 6. The van der Waals surface area contributed by atoms with Gasteiger partial charge in [-0.3, -0.25) is 4.79 Å². The van der Waals surface area contributed by atoms with Crippen molar-refractivity contribution >= 4 is 21.9 Å². The highest BCUT2D eigenvalue weighted by Crippen LogP contribution is 2.21. The van der Waals surface area contributed by atoms with Gasteiger partial charge in [-0.1, -0.05) is 6.07 Å². The normalized spacial score (nSPS) is 11.9. The molecule has 8 heteroatoms. The highest BCUT2D eigenvalue weighted by Gasteiger charge is 2.29. The number of carbonyl (C=O) groups excluding carboxylic acids is 1. The Labute approximate surface area is 123 Å². The van der Waals surface area contributed by atoms with Crippen molar-refractivity contribution < 1.29 is 23.1 Å². The molecule has 1 amide bonds. The van der Waals surface area contributed by atoms with Crippen LogP contribution in [-0.4, -0.2) is 42.3 Å². The van der Waals surface area contributed by atoms with E-state index < -0.39 is 34.5 Å². The maximum Gasteiger partial charge on any atom is 0.335 e. The van der Waals surface area contributed by atoms with Crippen molar-refractivity contribution in [1.82, 2.24) is 4.31 Å². The molecule has 116 valence electrons. The van der Waals surface area contributed by atoms with Gasteiger partial charge in [0.05, 0.1) is 17.0 Å². The van der Waals surface area contributed by atoms with Crippen molar-refractivity contribution in [3.05, 3.63) is 29.3 Å². The van der Waals surface area contributed by atoms with Gasteiger partial charge in [0.15, 0.2) is 0 Å². The van der Waals surface area contributed by atoms with Crippen LogP contribution in [0.5, 0.6) is 0 Å². The number of nitrogens with two attached hydrogens (primary N) is 1. The van der Waals surface area contributed by atoms with Crippen molar-refractivity contribution in [2.75, 3.05) is 6.54 Å². The summed E-state index contributed by atoms with van der Waals surface area (Å²) in [5, 5.41) is 9.07. The lowest BCUT2D eigenvalue weighted by Crippen LogP contribution is -2.42. The van der Waals surface area contributed by atoms with E-state index in [9.17, 15) is 18.0 Å². The Kier molecular flexibility index (Phi) is 5.08. The summed E-state index contributed by atoms with van der Waals surface area (Å²) in [6.45, 7) is 4.32. The van der Waals surface area contributed by atoms with Gasteiger partial charge in [-0.05, 0) is 38.5 Å². The lowest BCUT2D eigenvalue weighted by Gasteiger charge is -2.24. The molecule has 0 aliphatic heterocycles. The number of hydrogen-bond acceptors (Lipinski definition) is 4. The van der Waals surface area contributed by atoms with Gasteiger partial charge < -0.3 is 10.8 Å². The quantitative estimate of drug-likeness (QED) is 0.796. The first-order valence-corrected chi connectivity index (χ1v) is 7.65. The molecule has 1 aromatic carbocycles. The third-order valence-electron chi connectivity index (χ3n) is 2.93. The summed E-state index contributed by atoms with van der Waals surface area (Å²) >= 11 is 0. The number of aryl methyl sites for hydroxylation is 1. The van der Waals surface area contributed by atoms with Crippen LogP contribution in [0.4, 0.5) is 0 Å². The lowest BCUT2D eigenvalue weighted by molar-refractivity contribution is -0.118. The molecule has 0 atom stereocenters. The van der Waals surface area contributed by atoms with Crippen molar-refractivity contribution in [3.63, 3.8) is 0 Å². The second-order valence-electron chi connectivity index (χ2n) is 4.89. The van der Waals surface area contributed by atoms with Crippen molar-refractivity contribution in [3.8, 4) is 0 Å². The highest BCUT2D eigenvalue weighted by atomic mass is 32.2. The SMILES string of the molecule is Cc1ccc(S(=O)(=O)N(CC(N)=O)C(C)C)cc1C(=O)O. The molecule has 7 nitrogen and oxygen atoms in total. The molecule has 0 spiro atoms. The van der Waals surface area contributed by atoms with E-state index in [0.29, 0.717) is 5.56 Å². The third kappa shape index (κ3) is 3.79. The van der Waals surface area contributed by atoms with E-state index in [-0.39, 0.29) is 10.5 Å². The zero-order chi connectivity index (χ0) is 16.4. The number of nitrogens with zero attached hydrogens (tertiary/aromatic N) is 1. The van der Waals surface area contributed by atoms with E-state index in [2.05, 4.69) is 0 Å². The molecule has 0 aliphatic rings. The summed E-state index contributed by atoms with van der Waals surface area (Å²) in [5.41, 5.74) is 5.42. The summed E-state index contributed by atoms with van der Waals surface area (Å²) in [4.78, 5) is 22.0. The Morgan fingerprint density at radius 2 is 1.90 bits per heavy atom. The zero-order valence-electron chi connectivity index (χ0n) is 12.0. The molecule has 0 aromatic heterocycles. The minimum absolute atomic E-state index is 0.0983. The number of carbonyl (C=O) groups is 2. The van der Waals surface area contributed by atoms with E-state index in [1.54, 1.807) is 20.8 Å². The Bertz CT molecular complexity index is 667. The molecule has 21 heavy (non-hydrogen) atoms. The van der Waals surface area contributed by atoms with Crippen LogP contribution >= 0.6 is 0 Å². The van der Waals surface area contributed by atoms with Crippen LogP contribution in [-0.2, 0) is 14.8 Å². The molecular formula is C13H18N2O5S. The van der Waals surface area contributed by atoms with E-state index in [1.807, 2.05) is 0 Å². The average molecular weight is 314 g/mol. The number of carboxylic acids is 1. The first-order chi connectivity index (χ1) is 9.57. The number of hydrogen-bond donors (Lipinski definition) is 2. The van der Waals surface area contributed by atoms with Crippen molar-refractivity contribution in [1.29, 1.82) is 0 Å². The number of carboxylic acid groups (broad SMARTS) is 1. The van der Waals surface area contributed by atoms with Gasteiger partial charge >= 0.3 is 5.97 Å². The Morgan fingerprint density at radius 1 is 1.33 bits per heavy atom. The molecule has 3 N–H and O–H groups in total. The number of sulfonamides is 1. The monoisotopic (exact) mass is 314 g/mol. The van der Waals surface area contributed by atoms with Gasteiger partial charge in [-0.15, -0.1) is 0 Å². The Hall–Kier alpha value is -1.93. The molecule has 1 rings (SSSR count). The molecule has 0 radical (unpaired) electrons. The topological polar surface area (TPSA) is 118 Å². The minimum Gasteiger partial charge on any atom is -0.478 e. The van der Waals surface area contributed by atoms with Crippen LogP contribution in [0.2, 0.25) is 0 Å².